The number of nitrogens with one attached hydrogen (secondary N) is 1. The largest absolute Gasteiger partial charge is 0.387 e. The molecule has 3 heterocycles. The summed E-state index contributed by atoms with van der Waals surface area (Å²) in [6.45, 7) is 0.951. The van der Waals surface area contributed by atoms with E-state index in [2.05, 4.69) is 20.4 Å². The molecule has 1 saturated heterocycles. The Balaban J connectivity index is 1.56. The van der Waals surface area contributed by atoms with Crippen molar-refractivity contribution < 1.29 is 47.7 Å². The Morgan fingerprint density at radius 2 is 1.92 bits per heavy atom. The number of aromatic nitrogens is 4. The second-order valence-electron chi connectivity index (χ2n) is 8.34. The molecule has 6 atom stereocenters. The summed E-state index contributed by atoms with van der Waals surface area (Å²) in [4.78, 5) is 35.7. The van der Waals surface area contributed by atoms with E-state index in [1.165, 1.54) is 12.3 Å². The fourth-order valence-electron chi connectivity index (χ4n) is 3.84. The van der Waals surface area contributed by atoms with Crippen LogP contribution < -0.4 is 5.32 Å². The Kier molecular flexibility index (Phi) is 8.03. The van der Waals surface area contributed by atoms with Gasteiger partial charge in [-0.25, -0.2) is 9.07 Å². The van der Waals surface area contributed by atoms with Crippen molar-refractivity contribution in [3.05, 3.63) is 47.1 Å². The van der Waals surface area contributed by atoms with E-state index in [0.717, 1.165) is 4.68 Å². The SMILES string of the molecule is CC(Nc1nc(Cl)nc2c1cnn2[C@@H]1O[C@H](COP(=O)(O)CP(=O)(O)O)[C@@H](O)[C@H]1O)c1ccccc1F. The second kappa shape index (κ2) is 10.6. The molecule has 0 saturated carbocycles. The van der Waals surface area contributed by atoms with Crippen molar-refractivity contribution in [1.82, 2.24) is 19.7 Å². The highest BCUT2D eigenvalue weighted by Crippen LogP contribution is 2.55. The molecule has 0 radical (unpaired) electrons. The van der Waals surface area contributed by atoms with E-state index in [4.69, 9.17) is 30.6 Å². The standard InChI is InChI=1S/C19H23ClFN5O9P2/c1-9(10-4-2-3-5-12(10)21)23-16-11-6-22-26(17(11)25-19(20)24-16)18-15(28)14(27)13(35-18)7-34-37(32,33)8-36(29,30)31/h2-6,9,13-15,18,27-28H,7-8H2,1H3,(H,32,33)(H,23,24,25)(H2,29,30,31)/t9?,13-,14-,15-,18-/m1/s1. The summed E-state index contributed by atoms with van der Waals surface area (Å²) in [6, 6.07) is 5.64. The van der Waals surface area contributed by atoms with E-state index in [9.17, 15) is 28.6 Å². The number of halogens is 2. The van der Waals surface area contributed by atoms with Crippen LogP contribution in [0.3, 0.4) is 0 Å². The highest BCUT2D eigenvalue weighted by atomic mass is 35.5. The van der Waals surface area contributed by atoms with Crippen LogP contribution in [-0.4, -0.2) is 75.5 Å². The van der Waals surface area contributed by atoms with Crippen molar-refractivity contribution in [3.8, 4) is 0 Å². The highest BCUT2D eigenvalue weighted by molar-refractivity contribution is 7.70. The number of hydrogen-bond acceptors (Lipinski definition) is 10. The zero-order valence-corrected chi connectivity index (χ0v) is 21.5. The van der Waals surface area contributed by atoms with Gasteiger partial charge in [0.25, 0.3) is 0 Å². The minimum Gasteiger partial charge on any atom is -0.387 e. The lowest BCUT2D eigenvalue weighted by Gasteiger charge is -2.18. The monoisotopic (exact) mass is 581 g/mol. The van der Waals surface area contributed by atoms with E-state index in [1.807, 2.05) is 0 Å². The Morgan fingerprint density at radius 3 is 2.59 bits per heavy atom. The lowest BCUT2D eigenvalue weighted by Crippen LogP contribution is -2.33. The second-order valence-corrected chi connectivity index (χ2v) is 12.7. The summed E-state index contributed by atoms with van der Waals surface area (Å²) < 4.78 is 48.5. The first-order valence-electron chi connectivity index (χ1n) is 10.7. The Hall–Kier alpha value is -2.03. The summed E-state index contributed by atoms with van der Waals surface area (Å²) in [5.41, 5.74) is 0.466. The number of ether oxygens (including phenoxy) is 1. The van der Waals surface area contributed by atoms with E-state index < -0.39 is 64.1 Å². The molecule has 3 aromatic rings. The summed E-state index contributed by atoms with van der Waals surface area (Å²) in [6.07, 6.45) is -4.57. The first-order chi connectivity index (χ1) is 17.3. The van der Waals surface area contributed by atoms with Crippen molar-refractivity contribution in [1.29, 1.82) is 0 Å². The molecule has 1 fully saturated rings. The molecular weight excluding hydrogens is 559 g/mol. The fraction of sp³-hybridized carbons (Fsp3) is 0.421. The minimum absolute atomic E-state index is 0.0929. The smallest absolute Gasteiger partial charge is 0.340 e. The van der Waals surface area contributed by atoms with Crippen LogP contribution in [0, 0.1) is 5.82 Å². The summed E-state index contributed by atoms with van der Waals surface area (Å²) in [5, 5.41) is 28.3. The lowest BCUT2D eigenvalue weighted by atomic mass is 10.1. The van der Waals surface area contributed by atoms with Crippen LogP contribution in [0.1, 0.15) is 24.8 Å². The summed E-state index contributed by atoms with van der Waals surface area (Å²) in [7, 11) is -9.57. The van der Waals surface area contributed by atoms with Gasteiger partial charge in [0.15, 0.2) is 17.8 Å². The third kappa shape index (κ3) is 6.35. The number of aliphatic hydroxyl groups is 2. The maximum absolute atomic E-state index is 14.2. The fourth-order valence-corrected chi connectivity index (χ4v) is 6.57. The average Bonchev–Trinajstić information content (AvgIpc) is 3.32. The molecule has 1 aromatic carbocycles. The van der Waals surface area contributed by atoms with Gasteiger partial charge >= 0.3 is 15.2 Å². The molecule has 4 rings (SSSR count). The normalized spacial score (nSPS) is 24.8. The molecule has 202 valence electrons. The molecule has 0 bridgehead atoms. The van der Waals surface area contributed by atoms with Gasteiger partial charge in [0.05, 0.1) is 24.2 Å². The zero-order valence-electron chi connectivity index (χ0n) is 19.0. The molecule has 1 aliphatic heterocycles. The molecule has 0 amide bonds. The minimum atomic E-state index is -4.86. The molecule has 37 heavy (non-hydrogen) atoms. The van der Waals surface area contributed by atoms with Crippen LogP contribution in [0.25, 0.3) is 11.0 Å². The van der Waals surface area contributed by atoms with Gasteiger partial charge in [0.1, 0.15) is 29.9 Å². The van der Waals surface area contributed by atoms with E-state index in [-0.39, 0.29) is 16.7 Å². The Labute approximate surface area is 213 Å². The molecule has 2 unspecified atom stereocenters. The molecule has 2 aromatic heterocycles. The van der Waals surface area contributed by atoms with E-state index in [0.29, 0.717) is 10.9 Å². The number of rotatable bonds is 9. The number of aliphatic hydroxyl groups excluding tert-OH is 2. The predicted molar refractivity (Wildman–Crippen MR) is 127 cm³/mol. The van der Waals surface area contributed by atoms with Gasteiger partial charge in [-0.3, -0.25) is 9.13 Å². The van der Waals surface area contributed by atoms with Crippen LogP contribution in [0.2, 0.25) is 5.28 Å². The number of nitrogens with zero attached hydrogens (tertiary/aromatic N) is 4. The lowest BCUT2D eigenvalue weighted by molar-refractivity contribution is -0.0541. The molecule has 6 N–H and O–H groups in total. The van der Waals surface area contributed by atoms with Gasteiger partial charge in [-0.15, -0.1) is 0 Å². The maximum atomic E-state index is 14.2. The van der Waals surface area contributed by atoms with Gasteiger partial charge in [0.2, 0.25) is 5.28 Å². The maximum Gasteiger partial charge on any atom is 0.340 e. The van der Waals surface area contributed by atoms with Gasteiger partial charge < -0.3 is 39.5 Å². The number of benzene rings is 1. The number of fused-ring (bicyclic) bond motifs is 1. The molecule has 1 aliphatic rings. The first-order valence-corrected chi connectivity index (χ1v) is 14.6. The van der Waals surface area contributed by atoms with Crippen LogP contribution in [0.4, 0.5) is 10.2 Å². The van der Waals surface area contributed by atoms with Crippen LogP contribution in [0.5, 0.6) is 0 Å². The highest BCUT2D eigenvalue weighted by Gasteiger charge is 2.46. The van der Waals surface area contributed by atoms with Crippen LogP contribution in [0.15, 0.2) is 30.5 Å². The van der Waals surface area contributed by atoms with Gasteiger partial charge in [-0.05, 0) is 24.6 Å². The van der Waals surface area contributed by atoms with Gasteiger partial charge in [0, 0.05) is 5.56 Å². The van der Waals surface area contributed by atoms with Crippen molar-refractivity contribution >= 4 is 43.6 Å². The molecule has 14 nitrogen and oxygen atoms in total. The van der Waals surface area contributed by atoms with Crippen LogP contribution in [-0.2, 0) is 18.4 Å². The summed E-state index contributed by atoms with van der Waals surface area (Å²) in [5.74, 6) is -1.63. The van der Waals surface area contributed by atoms with E-state index >= 15 is 0 Å². The quantitative estimate of drug-likeness (QED) is 0.157. The molecule has 0 spiro atoms. The third-order valence-corrected chi connectivity index (χ3v) is 9.16. The summed E-state index contributed by atoms with van der Waals surface area (Å²) >= 11 is 6.09. The van der Waals surface area contributed by atoms with Crippen molar-refractivity contribution in [2.24, 2.45) is 0 Å². The van der Waals surface area contributed by atoms with Gasteiger partial charge in [-0.2, -0.15) is 15.1 Å². The number of hydrogen-bond donors (Lipinski definition) is 6. The predicted octanol–water partition coefficient (Wildman–Crippen LogP) is 1.75. The van der Waals surface area contributed by atoms with Gasteiger partial charge in [-0.1, -0.05) is 18.2 Å². The molecule has 0 aliphatic carbocycles. The Bertz CT molecular complexity index is 1390. The van der Waals surface area contributed by atoms with Crippen molar-refractivity contribution in [2.45, 2.75) is 37.5 Å². The molecular formula is C19H23ClFN5O9P2. The zero-order chi connectivity index (χ0) is 27.1. The van der Waals surface area contributed by atoms with Crippen LogP contribution >= 0.6 is 26.8 Å². The molecule has 18 heteroatoms. The van der Waals surface area contributed by atoms with Crippen molar-refractivity contribution in [2.75, 3.05) is 17.8 Å². The third-order valence-electron chi connectivity index (χ3n) is 5.53. The Morgan fingerprint density at radius 1 is 1.22 bits per heavy atom. The average molecular weight is 582 g/mol. The first kappa shape index (κ1) is 28.0. The van der Waals surface area contributed by atoms with Crippen molar-refractivity contribution in [3.63, 3.8) is 0 Å². The number of anilines is 1. The van der Waals surface area contributed by atoms with E-state index in [1.54, 1.807) is 25.1 Å². The topological polar surface area (TPSA) is 209 Å².